The summed E-state index contributed by atoms with van der Waals surface area (Å²) in [6, 6.07) is -1.75. The maximum absolute atomic E-state index is 12.5. The Bertz CT molecular complexity index is 802. The fraction of sp³-hybridized carbons (Fsp3) is 0.412. The van der Waals surface area contributed by atoms with Gasteiger partial charge in [-0.05, 0) is 24.0 Å². The van der Waals surface area contributed by atoms with Crippen molar-refractivity contribution < 1.29 is 29.4 Å². The molecule has 3 aliphatic rings. The lowest BCUT2D eigenvalue weighted by molar-refractivity contribution is -0.150. The maximum atomic E-state index is 12.5. The van der Waals surface area contributed by atoms with E-state index in [-0.39, 0.29) is 17.0 Å². The number of allylic oxidation sites excluding steroid dienone is 3. The first-order valence-electron chi connectivity index (χ1n) is 8.33. The van der Waals surface area contributed by atoms with Gasteiger partial charge in [-0.25, -0.2) is 4.79 Å². The molecular weight excluding hydrogens is 374 g/mol. The van der Waals surface area contributed by atoms with E-state index in [2.05, 4.69) is 5.32 Å². The topological polar surface area (TPSA) is 150 Å². The van der Waals surface area contributed by atoms with Crippen molar-refractivity contribution in [2.75, 3.05) is 5.75 Å². The van der Waals surface area contributed by atoms with Crippen LogP contribution in [0.25, 0.3) is 0 Å². The van der Waals surface area contributed by atoms with E-state index in [4.69, 9.17) is 10.8 Å². The van der Waals surface area contributed by atoms with Crippen molar-refractivity contribution in [3.63, 3.8) is 0 Å². The number of carboxylic acids is 2. The zero-order valence-electron chi connectivity index (χ0n) is 14.3. The van der Waals surface area contributed by atoms with E-state index < -0.39 is 47.6 Å². The Morgan fingerprint density at radius 2 is 2.07 bits per heavy atom. The van der Waals surface area contributed by atoms with Crippen molar-refractivity contribution in [2.45, 2.75) is 36.7 Å². The van der Waals surface area contributed by atoms with Gasteiger partial charge in [-0.1, -0.05) is 18.2 Å². The highest BCUT2D eigenvalue weighted by Gasteiger charge is 2.54. The molecule has 0 aromatic rings. The summed E-state index contributed by atoms with van der Waals surface area (Å²) in [4.78, 5) is 48.4. The number of carbonyl (C=O) groups is 4. The smallest absolute Gasteiger partial charge is 0.352 e. The minimum atomic E-state index is -1.36. The molecule has 1 aliphatic carbocycles. The van der Waals surface area contributed by atoms with Gasteiger partial charge in [0.15, 0.2) is 0 Å². The van der Waals surface area contributed by atoms with Gasteiger partial charge < -0.3 is 21.3 Å². The molecule has 2 heterocycles. The van der Waals surface area contributed by atoms with Gasteiger partial charge in [-0.15, -0.1) is 11.8 Å². The van der Waals surface area contributed by atoms with Crippen molar-refractivity contribution in [1.82, 2.24) is 10.2 Å². The molecule has 144 valence electrons. The van der Waals surface area contributed by atoms with Gasteiger partial charge in [0, 0.05) is 5.75 Å². The fourth-order valence-corrected chi connectivity index (χ4v) is 4.63. The number of fused-ring (bicyclic) bond motifs is 1. The second-order valence-corrected chi connectivity index (χ2v) is 7.50. The predicted octanol–water partition coefficient (Wildman–Crippen LogP) is -0.197. The number of carboxylic acid groups (broad SMARTS) is 2. The molecule has 27 heavy (non-hydrogen) atoms. The summed E-state index contributed by atoms with van der Waals surface area (Å²) in [5.41, 5.74) is 6.61. The van der Waals surface area contributed by atoms with Crippen LogP contribution in [0.5, 0.6) is 0 Å². The second-order valence-electron chi connectivity index (χ2n) is 6.39. The first-order chi connectivity index (χ1) is 12.8. The first-order valence-corrected chi connectivity index (χ1v) is 9.37. The van der Waals surface area contributed by atoms with E-state index >= 15 is 0 Å². The first kappa shape index (κ1) is 19.2. The molecule has 0 aromatic heterocycles. The van der Waals surface area contributed by atoms with Crippen molar-refractivity contribution >= 4 is 35.5 Å². The molecule has 0 unspecified atom stereocenters. The minimum Gasteiger partial charge on any atom is -0.481 e. The molecule has 2 aliphatic heterocycles. The monoisotopic (exact) mass is 393 g/mol. The van der Waals surface area contributed by atoms with Crippen LogP contribution in [-0.2, 0) is 19.2 Å². The number of rotatable bonds is 6. The Morgan fingerprint density at radius 3 is 2.67 bits per heavy atom. The largest absolute Gasteiger partial charge is 0.481 e. The molecule has 10 heteroatoms. The molecule has 3 rings (SSSR count). The SMILES string of the molecule is N[C@@H](C(=O)N[C@@H]1C(=O)N2C(C(=O)O)=C(CC(=O)O)CS[C@H]12)C1=CCC=CC1. The summed E-state index contributed by atoms with van der Waals surface area (Å²) in [6.07, 6.45) is 6.58. The summed E-state index contributed by atoms with van der Waals surface area (Å²) < 4.78 is 0. The highest BCUT2D eigenvalue weighted by atomic mass is 32.2. The molecule has 2 amide bonds. The molecule has 0 aromatic carbocycles. The quantitative estimate of drug-likeness (QED) is 0.358. The Morgan fingerprint density at radius 1 is 1.33 bits per heavy atom. The van der Waals surface area contributed by atoms with E-state index in [0.717, 1.165) is 10.5 Å². The zero-order valence-corrected chi connectivity index (χ0v) is 15.1. The van der Waals surface area contributed by atoms with Crippen molar-refractivity contribution in [3.8, 4) is 0 Å². The maximum Gasteiger partial charge on any atom is 0.352 e. The second kappa shape index (κ2) is 7.57. The molecule has 0 saturated carbocycles. The number of β-lactam (4-membered cyclic amide) rings is 1. The van der Waals surface area contributed by atoms with Gasteiger partial charge in [-0.3, -0.25) is 19.3 Å². The number of nitrogens with zero attached hydrogens (tertiary/aromatic N) is 1. The van der Waals surface area contributed by atoms with Crippen LogP contribution in [0.15, 0.2) is 35.1 Å². The lowest BCUT2D eigenvalue weighted by atomic mass is 9.97. The molecule has 5 N–H and O–H groups in total. The third kappa shape index (κ3) is 3.62. The number of amides is 2. The summed E-state index contributed by atoms with van der Waals surface area (Å²) in [5.74, 6) is -3.43. The number of hydrogen-bond donors (Lipinski definition) is 4. The van der Waals surface area contributed by atoms with Gasteiger partial charge in [0.1, 0.15) is 23.2 Å². The Kier molecular flexibility index (Phi) is 5.38. The normalized spacial score (nSPS) is 25.3. The van der Waals surface area contributed by atoms with Crippen LogP contribution in [0, 0.1) is 0 Å². The van der Waals surface area contributed by atoms with Gasteiger partial charge in [-0.2, -0.15) is 0 Å². The standard InChI is InChI=1S/C17H19N3O6S/c18-11(8-4-2-1-3-5-8)14(23)19-12-15(24)20-13(17(25)26)9(6-10(21)22)7-27-16(12)20/h1-2,5,11-12,16H,3-4,6-7,18H2,(H,19,23)(H,21,22)(H,25,26)/t11-,12-,16-/m1/s1. The highest BCUT2D eigenvalue weighted by Crippen LogP contribution is 2.41. The van der Waals surface area contributed by atoms with Crippen LogP contribution in [0.1, 0.15) is 19.3 Å². The van der Waals surface area contributed by atoms with Crippen LogP contribution in [0.4, 0.5) is 0 Å². The van der Waals surface area contributed by atoms with Crippen molar-refractivity contribution in [3.05, 3.63) is 35.1 Å². The Hall–Kier alpha value is -2.59. The fourth-order valence-electron chi connectivity index (χ4n) is 3.29. The molecule has 3 atom stereocenters. The van der Waals surface area contributed by atoms with Crippen LogP contribution in [-0.4, -0.2) is 62.1 Å². The van der Waals surface area contributed by atoms with Crippen molar-refractivity contribution in [1.29, 1.82) is 0 Å². The van der Waals surface area contributed by atoms with E-state index in [0.29, 0.717) is 12.8 Å². The molecule has 0 spiro atoms. The number of aliphatic carboxylic acids is 2. The molecule has 0 radical (unpaired) electrons. The third-order valence-electron chi connectivity index (χ3n) is 4.63. The summed E-state index contributed by atoms with van der Waals surface area (Å²) in [5, 5.41) is 20.4. The Balaban J connectivity index is 1.71. The lowest BCUT2D eigenvalue weighted by Crippen LogP contribution is -2.71. The van der Waals surface area contributed by atoms with Crippen LogP contribution >= 0.6 is 11.8 Å². The molecule has 1 saturated heterocycles. The van der Waals surface area contributed by atoms with Crippen LogP contribution in [0.3, 0.4) is 0 Å². The number of carbonyl (C=O) groups excluding carboxylic acids is 2. The Labute approximate surface area is 158 Å². The molecule has 0 bridgehead atoms. The highest BCUT2D eigenvalue weighted by molar-refractivity contribution is 8.00. The minimum absolute atomic E-state index is 0.163. The van der Waals surface area contributed by atoms with Crippen LogP contribution < -0.4 is 11.1 Å². The van der Waals surface area contributed by atoms with Gasteiger partial charge in [0.25, 0.3) is 5.91 Å². The average Bonchev–Trinajstić information content (AvgIpc) is 2.64. The van der Waals surface area contributed by atoms with Gasteiger partial charge in [0.2, 0.25) is 5.91 Å². The van der Waals surface area contributed by atoms with Gasteiger partial charge >= 0.3 is 11.9 Å². The zero-order chi connectivity index (χ0) is 19.7. The molecular formula is C17H19N3O6S. The van der Waals surface area contributed by atoms with Crippen LogP contribution in [0.2, 0.25) is 0 Å². The number of hydrogen-bond acceptors (Lipinski definition) is 6. The summed E-state index contributed by atoms with van der Waals surface area (Å²) in [7, 11) is 0. The molecule has 1 fully saturated rings. The molecule has 9 nitrogen and oxygen atoms in total. The summed E-state index contributed by atoms with van der Waals surface area (Å²) >= 11 is 1.22. The lowest BCUT2D eigenvalue weighted by Gasteiger charge is -2.49. The third-order valence-corrected chi connectivity index (χ3v) is 5.97. The summed E-state index contributed by atoms with van der Waals surface area (Å²) in [6.45, 7) is 0. The van der Waals surface area contributed by atoms with E-state index in [1.54, 1.807) is 0 Å². The number of thioether (sulfide) groups is 1. The van der Waals surface area contributed by atoms with E-state index in [1.165, 1.54) is 11.8 Å². The average molecular weight is 393 g/mol. The predicted molar refractivity (Wildman–Crippen MR) is 96.4 cm³/mol. The van der Waals surface area contributed by atoms with Crippen molar-refractivity contribution in [2.24, 2.45) is 5.73 Å². The van der Waals surface area contributed by atoms with Gasteiger partial charge in [0.05, 0.1) is 6.42 Å². The number of nitrogens with two attached hydrogens (primary N) is 1. The van der Waals surface area contributed by atoms with E-state index in [1.807, 2.05) is 18.2 Å². The van der Waals surface area contributed by atoms with E-state index in [9.17, 15) is 24.3 Å². The number of nitrogens with one attached hydrogen (secondary N) is 1.